The maximum absolute atomic E-state index is 13.2. The van der Waals surface area contributed by atoms with Crippen molar-refractivity contribution in [1.29, 1.82) is 0 Å². The Hall–Kier alpha value is -2.70. The van der Waals surface area contributed by atoms with E-state index in [4.69, 9.17) is 0 Å². The van der Waals surface area contributed by atoms with Crippen LogP contribution in [0.3, 0.4) is 0 Å². The molecule has 0 spiro atoms. The summed E-state index contributed by atoms with van der Waals surface area (Å²) >= 11 is 0. The highest BCUT2D eigenvalue weighted by Gasteiger charge is 2.30. The molecule has 0 bridgehead atoms. The zero-order valence-corrected chi connectivity index (χ0v) is 17.5. The standard InChI is InChI=1S/C22H29FN4O2/c1-14(2)21(22(29)26-11-5-6-12-26)24-20(28)13-19-15(3)25-27(16(19)4)18-9-7-17(23)8-10-18/h7-10,14,21H,5-6,11-13H2,1-4H3,(H,24,28)/t21-/m0/s1. The lowest BCUT2D eigenvalue weighted by Crippen LogP contribution is -2.50. The number of nitrogens with zero attached hydrogens (tertiary/aromatic N) is 3. The quantitative estimate of drug-likeness (QED) is 0.811. The van der Waals surface area contributed by atoms with Gasteiger partial charge in [0.15, 0.2) is 0 Å². The van der Waals surface area contributed by atoms with Gasteiger partial charge in [0.2, 0.25) is 11.8 Å². The fourth-order valence-electron chi connectivity index (χ4n) is 3.80. The molecule has 1 aromatic carbocycles. The van der Waals surface area contributed by atoms with E-state index in [-0.39, 0.29) is 30.0 Å². The highest BCUT2D eigenvalue weighted by molar-refractivity contribution is 5.89. The van der Waals surface area contributed by atoms with Crippen LogP contribution >= 0.6 is 0 Å². The fraction of sp³-hybridized carbons (Fsp3) is 0.500. The number of carbonyl (C=O) groups is 2. The van der Waals surface area contributed by atoms with Gasteiger partial charge in [0.05, 0.1) is 17.8 Å². The third-order valence-corrected chi connectivity index (χ3v) is 5.52. The van der Waals surface area contributed by atoms with E-state index < -0.39 is 6.04 Å². The average molecular weight is 400 g/mol. The van der Waals surface area contributed by atoms with Crippen molar-refractivity contribution >= 4 is 11.8 Å². The minimum Gasteiger partial charge on any atom is -0.344 e. The second-order valence-corrected chi connectivity index (χ2v) is 8.04. The molecule has 1 N–H and O–H groups in total. The maximum atomic E-state index is 13.2. The highest BCUT2D eigenvalue weighted by Crippen LogP contribution is 2.19. The molecule has 0 aliphatic carbocycles. The number of aromatic nitrogens is 2. The minimum atomic E-state index is -0.520. The summed E-state index contributed by atoms with van der Waals surface area (Å²) < 4.78 is 14.9. The Balaban J connectivity index is 1.74. The SMILES string of the molecule is Cc1nn(-c2ccc(F)cc2)c(C)c1CC(=O)N[C@H](C(=O)N1CCCC1)C(C)C. The molecule has 1 aliphatic heterocycles. The number of aryl methyl sites for hydroxylation is 1. The zero-order valence-electron chi connectivity index (χ0n) is 17.5. The highest BCUT2D eigenvalue weighted by atomic mass is 19.1. The molecular weight excluding hydrogens is 371 g/mol. The summed E-state index contributed by atoms with van der Waals surface area (Å²) in [5, 5.41) is 7.45. The number of halogens is 1. The topological polar surface area (TPSA) is 67.2 Å². The first-order valence-corrected chi connectivity index (χ1v) is 10.2. The summed E-state index contributed by atoms with van der Waals surface area (Å²) in [6.07, 6.45) is 2.19. The molecule has 0 unspecified atom stereocenters. The first-order valence-electron chi connectivity index (χ1n) is 10.2. The van der Waals surface area contributed by atoms with Gasteiger partial charge in [-0.05, 0) is 56.9 Å². The van der Waals surface area contributed by atoms with Crippen LogP contribution in [0.25, 0.3) is 5.69 Å². The van der Waals surface area contributed by atoms with Crippen LogP contribution in [0.15, 0.2) is 24.3 Å². The van der Waals surface area contributed by atoms with Crippen LogP contribution in [0.1, 0.15) is 43.6 Å². The van der Waals surface area contributed by atoms with E-state index in [1.165, 1.54) is 12.1 Å². The molecule has 1 aromatic heterocycles. The number of nitrogens with one attached hydrogen (secondary N) is 1. The molecule has 29 heavy (non-hydrogen) atoms. The fourth-order valence-corrected chi connectivity index (χ4v) is 3.80. The van der Waals surface area contributed by atoms with Crippen LogP contribution in [-0.2, 0) is 16.0 Å². The lowest BCUT2D eigenvalue weighted by Gasteiger charge is -2.26. The molecule has 0 radical (unpaired) electrons. The van der Waals surface area contributed by atoms with E-state index in [1.54, 1.807) is 16.8 Å². The van der Waals surface area contributed by atoms with Crippen LogP contribution < -0.4 is 5.32 Å². The molecule has 2 amide bonds. The van der Waals surface area contributed by atoms with Gasteiger partial charge in [0.1, 0.15) is 11.9 Å². The van der Waals surface area contributed by atoms with E-state index in [2.05, 4.69) is 10.4 Å². The minimum absolute atomic E-state index is 0.00120. The summed E-state index contributed by atoms with van der Waals surface area (Å²) in [6, 6.07) is 5.56. The van der Waals surface area contributed by atoms with Gasteiger partial charge in [0, 0.05) is 24.3 Å². The predicted molar refractivity (Wildman–Crippen MR) is 109 cm³/mol. The van der Waals surface area contributed by atoms with Gasteiger partial charge in [-0.3, -0.25) is 9.59 Å². The molecule has 1 fully saturated rings. The van der Waals surface area contributed by atoms with E-state index in [9.17, 15) is 14.0 Å². The summed E-state index contributed by atoms with van der Waals surface area (Å²) in [6.45, 7) is 9.16. The van der Waals surface area contributed by atoms with Crippen LogP contribution in [0.2, 0.25) is 0 Å². The first kappa shape index (κ1) is 21.0. The number of rotatable bonds is 6. The molecule has 6 nitrogen and oxygen atoms in total. The first-order chi connectivity index (χ1) is 13.8. The van der Waals surface area contributed by atoms with Crippen LogP contribution in [-0.4, -0.2) is 45.6 Å². The van der Waals surface area contributed by atoms with Crippen LogP contribution in [0, 0.1) is 25.6 Å². The number of carbonyl (C=O) groups excluding carboxylic acids is 2. The molecule has 1 atom stereocenters. The number of likely N-dealkylation sites (tertiary alicyclic amines) is 1. The lowest BCUT2D eigenvalue weighted by atomic mass is 10.0. The smallest absolute Gasteiger partial charge is 0.245 e. The van der Waals surface area contributed by atoms with Crippen molar-refractivity contribution in [3.05, 3.63) is 47.0 Å². The molecule has 1 saturated heterocycles. The average Bonchev–Trinajstić information content (AvgIpc) is 3.30. The van der Waals surface area contributed by atoms with Crippen molar-refractivity contribution < 1.29 is 14.0 Å². The van der Waals surface area contributed by atoms with Crippen molar-refractivity contribution in [1.82, 2.24) is 20.0 Å². The molecule has 1 aliphatic rings. The molecule has 0 saturated carbocycles. The zero-order chi connectivity index (χ0) is 21.1. The molecule has 7 heteroatoms. The number of hydrogen-bond acceptors (Lipinski definition) is 3. The van der Waals surface area contributed by atoms with Gasteiger partial charge in [0.25, 0.3) is 0 Å². The Morgan fingerprint density at radius 2 is 1.76 bits per heavy atom. The number of hydrogen-bond donors (Lipinski definition) is 1. The second kappa shape index (κ2) is 8.76. The van der Waals surface area contributed by atoms with Gasteiger partial charge in [-0.25, -0.2) is 9.07 Å². The Morgan fingerprint density at radius 1 is 1.14 bits per heavy atom. The van der Waals surface area contributed by atoms with E-state index in [0.717, 1.165) is 48.6 Å². The molecular formula is C22H29FN4O2. The Labute approximate surface area is 171 Å². The van der Waals surface area contributed by atoms with E-state index in [1.807, 2.05) is 32.6 Å². The largest absolute Gasteiger partial charge is 0.344 e. The molecule has 2 aromatic rings. The van der Waals surface area contributed by atoms with Crippen molar-refractivity contribution in [3.63, 3.8) is 0 Å². The van der Waals surface area contributed by atoms with Crippen molar-refractivity contribution in [2.45, 2.75) is 53.0 Å². The van der Waals surface area contributed by atoms with E-state index >= 15 is 0 Å². The Kier molecular flexibility index (Phi) is 6.35. The van der Waals surface area contributed by atoms with Gasteiger partial charge in [-0.15, -0.1) is 0 Å². The van der Waals surface area contributed by atoms with Crippen molar-refractivity contribution in [3.8, 4) is 5.69 Å². The number of amides is 2. The third-order valence-electron chi connectivity index (χ3n) is 5.52. The van der Waals surface area contributed by atoms with Crippen LogP contribution in [0.5, 0.6) is 0 Å². The second-order valence-electron chi connectivity index (χ2n) is 8.04. The van der Waals surface area contributed by atoms with Crippen molar-refractivity contribution in [2.75, 3.05) is 13.1 Å². The Bertz CT molecular complexity index is 883. The maximum Gasteiger partial charge on any atom is 0.245 e. The molecule has 156 valence electrons. The van der Waals surface area contributed by atoms with E-state index in [0.29, 0.717) is 0 Å². The number of benzene rings is 1. The Morgan fingerprint density at radius 3 is 2.34 bits per heavy atom. The van der Waals surface area contributed by atoms with Crippen LogP contribution in [0.4, 0.5) is 4.39 Å². The van der Waals surface area contributed by atoms with Gasteiger partial charge in [-0.1, -0.05) is 13.8 Å². The lowest BCUT2D eigenvalue weighted by molar-refractivity contribution is -0.136. The normalized spacial score (nSPS) is 15.0. The van der Waals surface area contributed by atoms with Gasteiger partial charge < -0.3 is 10.2 Å². The molecule has 3 rings (SSSR count). The van der Waals surface area contributed by atoms with Gasteiger partial charge in [-0.2, -0.15) is 5.10 Å². The summed E-state index contributed by atoms with van der Waals surface area (Å²) in [7, 11) is 0. The predicted octanol–water partition coefficient (Wildman–Crippen LogP) is 2.93. The third kappa shape index (κ3) is 4.66. The molecule has 2 heterocycles. The monoisotopic (exact) mass is 400 g/mol. The van der Waals surface area contributed by atoms with Gasteiger partial charge >= 0.3 is 0 Å². The summed E-state index contributed by atoms with van der Waals surface area (Å²) in [5.41, 5.74) is 3.14. The summed E-state index contributed by atoms with van der Waals surface area (Å²) in [4.78, 5) is 27.4. The summed E-state index contributed by atoms with van der Waals surface area (Å²) in [5.74, 6) is -0.490. The van der Waals surface area contributed by atoms with Crippen molar-refractivity contribution in [2.24, 2.45) is 5.92 Å².